The highest BCUT2D eigenvalue weighted by atomic mass is 16.5. The van der Waals surface area contributed by atoms with E-state index < -0.39 is 0 Å². The topological polar surface area (TPSA) is 51.4 Å². The van der Waals surface area contributed by atoms with Gasteiger partial charge in [-0.15, -0.1) is 0 Å². The second-order valence-electron chi connectivity index (χ2n) is 5.51. The molecule has 2 N–H and O–H groups in total. The van der Waals surface area contributed by atoms with E-state index in [1.165, 1.54) is 5.56 Å². The number of pyridine rings is 1. The molecular formula is C15H25N3O. The van der Waals surface area contributed by atoms with E-state index in [9.17, 15) is 0 Å². The van der Waals surface area contributed by atoms with Crippen LogP contribution in [0.5, 0.6) is 0 Å². The van der Waals surface area contributed by atoms with E-state index in [1.807, 2.05) is 12.4 Å². The first-order valence-corrected chi connectivity index (χ1v) is 7.16. The lowest BCUT2D eigenvalue weighted by Gasteiger charge is -2.42. The number of morpholine rings is 1. The van der Waals surface area contributed by atoms with E-state index in [2.05, 4.69) is 42.8 Å². The Morgan fingerprint density at radius 1 is 1.32 bits per heavy atom. The van der Waals surface area contributed by atoms with Gasteiger partial charge in [-0.2, -0.15) is 0 Å². The minimum absolute atomic E-state index is 0.139. The monoisotopic (exact) mass is 263 g/mol. The van der Waals surface area contributed by atoms with Gasteiger partial charge in [0, 0.05) is 31.5 Å². The molecule has 4 atom stereocenters. The summed E-state index contributed by atoms with van der Waals surface area (Å²) >= 11 is 0. The van der Waals surface area contributed by atoms with Crippen molar-refractivity contribution in [3.8, 4) is 0 Å². The number of rotatable bonds is 4. The lowest BCUT2D eigenvalue weighted by molar-refractivity contribution is -0.0838. The van der Waals surface area contributed by atoms with Crippen LogP contribution in [0, 0.1) is 0 Å². The third kappa shape index (κ3) is 3.53. The SMILES string of the molecule is CCC(N)C(c1ccncc1)N1CC(C)OC(C)C1. The van der Waals surface area contributed by atoms with Gasteiger partial charge in [0.2, 0.25) is 0 Å². The number of hydrogen-bond acceptors (Lipinski definition) is 4. The fourth-order valence-corrected chi connectivity index (χ4v) is 2.96. The summed E-state index contributed by atoms with van der Waals surface area (Å²) < 4.78 is 5.82. The van der Waals surface area contributed by atoms with Crippen LogP contribution in [0.15, 0.2) is 24.5 Å². The summed E-state index contributed by atoms with van der Waals surface area (Å²) in [6.07, 6.45) is 5.18. The van der Waals surface area contributed by atoms with Crippen LogP contribution in [-0.4, -0.2) is 41.2 Å². The molecule has 19 heavy (non-hydrogen) atoms. The molecule has 1 fully saturated rings. The molecule has 0 amide bonds. The Hall–Kier alpha value is -0.970. The maximum absolute atomic E-state index is 6.37. The highest BCUT2D eigenvalue weighted by molar-refractivity contribution is 5.17. The molecule has 2 heterocycles. The first-order valence-electron chi connectivity index (χ1n) is 7.16. The van der Waals surface area contributed by atoms with Gasteiger partial charge in [-0.3, -0.25) is 9.88 Å². The Morgan fingerprint density at radius 2 is 1.89 bits per heavy atom. The molecule has 1 saturated heterocycles. The van der Waals surface area contributed by atoms with E-state index in [1.54, 1.807) is 0 Å². The molecule has 4 unspecified atom stereocenters. The Bertz CT molecular complexity index is 374. The number of nitrogens with two attached hydrogens (primary N) is 1. The van der Waals surface area contributed by atoms with Gasteiger partial charge in [0.1, 0.15) is 0 Å². The standard InChI is InChI=1S/C15H25N3O/c1-4-14(16)15(13-5-7-17-8-6-13)18-9-11(2)19-12(3)10-18/h5-8,11-12,14-15H,4,9-10,16H2,1-3H3. The minimum Gasteiger partial charge on any atom is -0.373 e. The third-order valence-electron chi connectivity index (χ3n) is 3.77. The van der Waals surface area contributed by atoms with Gasteiger partial charge in [-0.05, 0) is 38.0 Å². The maximum Gasteiger partial charge on any atom is 0.0678 e. The molecule has 0 saturated carbocycles. The molecule has 1 aromatic heterocycles. The summed E-state index contributed by atoms with van der Waals surface area (Å²) in [5.74, 6) is 0. The predicted octanol–water partition coefficient (Wildman–Crippen LogP) is 1.97. The molecule has 0 aliphatic carbocycles. The number of nitrogens with zero attached hydrogens (tertiary/aromatic N) is 2. The van der Waals surface area contributed by atoms with Gasteiger partial charge < -0.3 is 10.5 Å². The Kier molecular flexibility index (Phi) is 4.91. The van der Waals surface area contributed by atoms with Crippen molar-refractivity contribution in [3.05, 3.63) is 30.1 Å². The quantitative estimate of drug-likeness (QED) is 0.902. The summed E-state index contributed by atoms with van der Waals surface area (Å²) in [4.78, 5) is 6.56. The number of hydrogen-bond donors (Lipinski definition) is 1. The van der Waals surface area contributed by atoms with Crippen molar-refractivity contribution in [2.75, 3.05) is 13.1 Å². The summed E-state index contributed by atoms with van der Waals surface area (Å²) in [6, 6.07) is 4.54. The molecule has 0 radical (unpaired) electrons. The zero-order valence-electron chi connectivity index (χ0n) is 12.1. The van der Waals surface area contributed by atoms with E-state index >= 15 is 0 Å². The predicted molar refractivity (Wildman–Crippen MR) is 76.8 cm³/mol. The van der Waals surface area contributed by atoms with Crippen molar-refractivity contribution in [2.24, 2.45) is 5.73 Å². The summed E-state index contributed by atoms with van der Waals surface area (Å²) in [5, 5.41) is 0. The van der Waals surface area contributed by atoms with Crippen LogP contribution in [0.2, 0.25) is 0 Å². The van der Waals surface area contributed by atoms with Crippen molar-refractivity contribution in [2.45, 2.75) is 51.5 Å². The average Bonchev–Trinajstić information content (AvgIpc) is 2.39. The van der Waals surface area contributed by atoms with Crippen molar-refractivity contribution >= 4 is 0 Å². The Balaban J connectivity index is 2.23. The molecule has 1 aliphatic rings. The molecule has 0 spiro atoms. The minimum atomic E-state index is 0.139. The van der Waals surface area contributed by atoms with Gasteiger partial charge in [0.05, 0.1) is 18.2 Å². The summed E-state index contributed by atoms with van der Waals surface area (Å²) in [6.45, 7) is 8.27. The fourth-order valence-electron chi connectivity index (χ4n) is 2.96. The molecule has 4 nitrogen and oxygen atoms in total. The van der Waals surface area contributed by atoms with Crippen LogP contribution in [0.4, 0.5) is 0 Å². The van der Waals surface area contributed by atoms with E-state index in [-0.39, 0.29) is 24.3 Å². The first-order chi connectivity index (χ1) is 9.11. The molecule has 0 aromatic carbocycles. The molecule has 1 aliphatic heterocycles. The highest BCUT2D eigenvalue weighted by Gasteiger charge is 2.31. The number of ether oxygens (including phenoxy) is 1. The largest absolute Gasteiger partial charge is 0.373 e. The zero-order valence-corrected chi connectivity index (χ0v) is 12.1. The Morgan fingerprint density at radius 3 is 2.42 bits per heavy atom. The van der Waals surface area contributed by atoms with Crippen LogP contribution in [0.25, 0.3) is 0 Å². The van der Waals surface area contributed by atoms with Gasteiger partial charge in [0.25, 0.3) is 0 Å². The second kappa shape index (κ2) is 6.46. The molecule has 106 valence electrons. The van der Waals surface area contributed by atoms with Crippen LogP contribution < -0.4 is 5.73 Å². The Labute approximate surface area is 116 Å². The molecule has 0 bridgehead atoms. The van der Waals surface area contributed by atoms with E-state index in [0.717, 1.165) is 19.5 Å². The van der Waals surface area contributed by atoms with Crippen molar-refractivity contribution in [1.82, 2.24) is 9.88 Å². The lowest BCUT2D eigenvalue weighted by atomic mass is 9.96. The first kappa shape index (κ1) is 14.4. The van der Waals surface area contributed by atoms with Crippen LogP contribution >= 0.6 is 0 Å². The van der Waals surface area contributed by atoms with Gasteiger partial charge in [0.15, 0.2) is 0 Å². The summed E-state index contributed by atoms with van der Waals surface area (Å²) in [7, 11) is 0. The third-order valence-corrected chi connectivity index (χ3v) is 3.77. The van der Waals surface area contributed by atoms with Crippen molar-refractivity contribution in [3.63, 3.8) is 0 Å². The zero-order chi connectivity index (χ0) is 13.8. The maximum atomic E-state index is 6.37. The average molecular weight is 263 g/mol. The molecule has 4 heteroatoms. The molecule has 1 aromatic rings. The van der Waals surface area contributed by atoms with Crippen LogP contribution in [-0.2, 0) is 4.74 Å². The molecular weight excluding hydrogens is 238 g/mol. The van der Waals surface area contributed by atoms with Crippen molar-refractivity contribution < 1.29 is 4.74 Å². The second-order valence-corrected chi connectivity index (χ2v) is 5.51. The highest BCUT2D eigenvalue weighted by Crippen LogP contribution is 2.27. The van der Waals surface area contributed by atoms with E-state index in [0.29, 0.717) is 0 Å². The fraction of sp³-hybridized carbons (Fsp3) is 0.667. The van der Waals surface area contributed by atoms with Crippen LogP contribution in [0.3, 0.4) is 0 Å². The van der Waals surface area contributed by atoms with Crippen LogP contribution in [0.1, 0.15) is 38.8 Å². The normalized spacial score (nSPS) is 28.0. The van der Waals surface area contributed by atoms with Gasteiger partial charge >= 0.3 is 0 Å². The number of aromatic nitrogens is 1. The van der Waals surface area contributed by atoms with Crippen molar-refractivity contribution in [1.29, 1.82) is 0 Å². The van der Waals surface area contributed by atoms with Gasteiger partial charge in [-0.1, -0.05) is 6.92 Å². The molecule has 2 rings (SSSR count). The van der Waals surface area contributed by atoms with E-state index in [4.69, 9.17) is 10.5 Å². The lowest BCUT2D eigenvalue weighted by Crippen LogP contribution is -2.51. The summed E-state index contributed by atoms with van der Waals surface area (Å²) in [5.41, 5.74) is 7.62. The smallest absolute Gasteiger partial charge is 0.0678 e. The van der Waals surface area contributed by atoms with Gasteiger partial charge in [-0.25, -0.2) is 0 Å².